The molecule has 2 aromatic rings. The fourth-order valence-corrected chi connectivity index (χ4v) is 12.2. The van der Waals surface area contributed by atoms with Crippen LogP contribution in [0.25, 0.3) is 0 Å². The maximum absolute atomic E-state index is 14.2. The van der Waals surface area contributed by atoms with Crippen LogP contribution in [0, 0.1) is 56.3 Å². The van der Waals surface area contributed by atoms with Crippen molar-refractivity contribution in [2.24, 2.45) is 41.4 Å². The number of carbonyl (C=O) groups excluding carboxylic acids is 16. The first-order chi connectivity index (χ1) is 59.2. The third kappa shape index (κ3) is 61.1. The number of carboxylic acid groups (broad SMARTS) is 2. The van der Waals surface area contributed by atoms with Crippen LogP contribution in [0.4, 0.5) is 0 Å². The number of phenolic OH excluding ortho intramolecular Hbond substituents is 2. The van der Waals surface area contributed by atoms with Crippen molar-refractivity contribution in [3.63, 3.8) is 0 Å². The summed E-state index contributed by atoms with van der Waals surface area (Å²) in [5.41, 5.74) is 6.89. The Bertz CT molecular complexity index is 3670. The van der Waals surface area contributed by atoms with Crippen molar-refractivity contribution in [1.82, 2.24) is 53.8 Å². The van der Waals surface area contributed by atoms with E-state index in [0.29, 0.717) is 63.6 Å². The third-order valence-corrected chi connectivity index (χ3v) is 18.7. The van der Waals surface area contributed by atoms with Crippen LogP contribution < -0.4 is 53.8 Å². The van der Waals surface area contributed by atoms with Crippen LogP contribution in [-0.2, 0) is 145 Å². The van der Waals surface area contributed by atoms with E-state index in [-0.39, 0.29) is 178 Å². The van der Waals surface area contributed by atoms with Crippen LogP contribution in [0.3, 0.4) is 0 Å². The summed E-state index contributed by atoms with van der Waals surface area (Å²) >= 11 is 0. The number of carboxylic acids is 2. The van der Waals surface area contributed by atoms with Gasteiger partial charge in [-0.25, -0.2) is 21.9 Å². The number of hydroxylamine groups is 4. The van der Waals surface area contributed by atoms with Crippen LogP contribution in [-0.4, -0.2) is 264 Å². The number of rotatable bonds is 66. The fraction of sp³-hybridized carbons (Fsp3) is 0.628. The minimum absolute atomic E-state index is 0. The van der Waals surface area contributed by atoms with Crippen LogP contribution in [0.2, 0.25) is 0 Å². The summed E-state index contributed by atoms with van der Waals surface area (Å²) < 4.78 is 31.3. The first-order valence-electron chi connectivity index (χ1n) is 41.1. The Kier molecular flexibility index (Phi) is 73.6. The second kappa shape index (κ2) is 74.6. The summed E-state index contributed by atoms with van der Waals surface area (Å²) in [4.78, 5) is 228. The molecule has 734 valence electrons. The number of phenols is 2. The first-order valence-corrected chi connectivity index (χ1v) is 41.1. The molecule has 10 amide bonds. The summed E-state index contributed by atoms with van der Waals surface area (Å²) in [6.45, 7) is 15.9. The molecule has 18 N–H and O–H groups in total. The molecule has 0 aliphatic carbocycles. The number of nitrogens with one attached hydrogen (secondary N) is 10. The molecule has 129 heavy (non-hydrogen) atoms. The average molecular weight is 1880 g/mol. The second-order valence-electron chi connectivity index (χ2n) is 30.3. The van der Waals surface area contributed by atoms with Gasteiger partial charge < -0.3 is 100 Å². The molecular weight excluding hydrogens is 1740 g/mol. The molecule has 42 nitrogen and oxygen atoms in total. The smallest absolute Gasteiger partial charge is 0.508 e. The van der Waals surface area contributed by atoms with Crippen molar-refractivity contribution >= 4 is 106 Å². The van der Waals surface area contributed by atoms with E-state index in [0.717, 1.165) is 6.92 Å². The SMILES string of the molecule is C.CCC(=O)NO.COCCOCCOCCCC(=O)C(C)NC(=O)C(CCC(=O)NO)CC(=O)[C@H](Cc1ccc(O)cc1)NC(=O)[C@H](CC(=O)[C@H](CC(=O)O)NC(C)=O)CC(C)C.COCCOCCOCCNC(=O)C(CCC(=O)NO)CC(=O)C(CCC(=O)NO)NC(=O)[C@@H](CC(=O)[C@@H](CC(C)C)NC(=O)[C@@H](CC(C)=O)CC(=O)O)Cc1ccc(O)cc1.[CH3-].[CH3-].[Fe+2]. The summed E-state index contributed by atoms with van der Waals surface area (Å²) in [5, 5.41) is 88.7. The average Bonchev–Trinajstić information content (AvgIpc) is 0.851. The number of aromatic hydroxyl groups is 2. The first kappa shape index (κ1) is 127. The van der Waals surface area contributed by atoms with Gasteiger partial charge in [-0.3, -0.25) is 102 Å². The van der Waals surface area contributed by atoms with Crippen LogP contribution >= 0.6 is 0 Å². The predicted octanol–water partition coefficient (Wildman–Crippen LogP) is 3.39. The Morgan fingerprint density at radius 2 is 0.752 bits per heavy atom. The minimum Gasteiger partial charge on any atom is -0.508 e. The van der Waals surface area contributed by atoms with E-state index in [1.807, 2.05) is 0 Å². The molecule has 4 unspecified atom stereocenters. The number of aliphatic carboxylic acids is 2. The molecule has 0 heterocycles. The number of ketones is 6. The van der Waals surface area contributed by atoms with Crippen molar-refractivity contribution < 1.29 is 173 Å². The Balaban J connectivity index is -0.000000727. The fourth-order valence-electron chi connectivity index (χ4n) is 12.2. The van der Waals surface area contributed by atoms with Gasteiger partial charge in [0.25, 0.3) is 0 Å². The van der Waals surface area contributed by atoms with Gasteiger partial charge in [0.1, 0.15) is 17.3 Å². The van der Waals surface area contributed by atoms with Gasteiger partial charge in [0.05, 0.1) is 108 Å². The predicted molar refractivity (Wildman–Crippen MR) is 461 cm³/mol. The summed E-state index contributed by atoms with van der Waals surface area (Å²) in [5.74, 6) is -19.6. The number of hydrogen-bond donors (Lipinski definition) is 18. The molecule has 0 aliphatic rings. The van der Waals surface area contributed by atoms with Crippen molar-refractivity contribution in [1.29, 1.82) is 0 Å². The number of methoxy groups -OCH3 is 2. The number of ether oxygens (including phenoxy) is 6. The van der Waals surface area contributed by atoms with Crippen LogP contribution in [0.1, 0.15) is 190 Å². The number of hydrogen-bond acceptors (Lipinski definition) is 30. The van der Waals surface area contributed by atoms with Gasteiger partial charge in [-0.15, -0.1) is 0 Å². The number of benzene rings is 2. The van der Waals surface area contributed by atoms with Crippen molar-refractivity contribution in [3.8, 4) is 11.5 Å². The molecule has 0 saturated heterocycles. The van der Waals surface area contributed by atoms with Gasteiger partial charge in [-0.2, -0.15) is 0 Å². The standard InChI is InChI=1S/C41H63N5O16.C39H60N4O14.C3H7NO2.CH4.2CH3.Fe/c1-25(2)19-33(44-40(56)29(20-26(3)47)24-38(53)54)35(50)23-30(21-27-5-8-31(48)9-6-27)41(57)43-32(10-12-37(52)46-59)34(49)22-28(7-11-36(51)45-58)39(55)42-13-14-61-17-18-62-16-15-60-4;1-24(2)19-29(22-35(48)32(23-37(50)51)41-26(4)44)39(53)42-31(20-27-8-11-30(45)12-9-27)34(47)21-28(10-13-36(49)43-54)38(52)40-25(3)33(46)7-6-14-56-17-18-57-16-15-55-5;1-2-3(5)4-6;;;;/h5-6,8-9,25,28-30,32-33,48,58-59H,7,10-24H2,1-4H3,(H,42,55)(H,43,57)(H,44,56)(H,45,51)(H,46,52)(H,53,54);8-9,11-12,24-25,28-29,31-32,45,54H,6-7,10,13-23H2,1-5H3,(H,40,52)(H,41,44)(H,42,53)(H,43,49)(H,50,51);6H,2H2,1H3,(H,4,5);1H4;2*1H3;/q;;;;2*-1;+2/t28?,29-,30+,32?,33+;25?,28?,29-,31-,32-;;;;;/m00...../s1. The topological polar surface area (TPSA) is 645 Å². The molecule has 43 heteroatoms. The van der Waals surface area contributed by atoms with E-state index in [1.165, 1.54) is 91.4 Å². The number of amides is 10. The van der Waals surface area contributed by atoms with E-state index >= 15 is 0 Å². The minimum atomic E-state index is -1.46. The zero-order valence-electron chi connectivity index (χ0n) is 75.2. The molecule has 0 bridgehead atoms. The van der Waals surface area contributed by atoms with Crippen molar-refractivity contribution in [2.45, 2.75) is 221 Å². The third-order valence-electron chi connectivity index (χ3n) is 18.7. The van der Waals surface area contributed by atoms with Gasteiger partial charge in [0, 0.05) is 122 Å². The van der Waals surface area contributed by atoms with Gasteiger partial charge in [0.15, 0.2) is 28.9 Å². The van der Waals surface area contributed by atoms with E-state index in [9.17, 15) is 107 Å². The molecule has 0 spiro atoms. The molecule has 0 fully saturated rings. The van der Waals surface area contributed by atoms with E-state index in [1.54, 1.807) is 41.7 Å². The van der Waals surface area contributed by atoms with Crippen LogP contribution in [0.5, 0.6) is 11.5 Å². The van der Waals surface area contributed by atoms with Gasteiger partial charge in [0.2, 0.25) is 59.1 Å². The maximum atomic E-state index is 14.2. The molecule has 2 aromatic carbocycles. The summed E-state index contributed by atoms with van der Waals surface area (Å²) in [6.07, 6.45) is -4.86. The van der Waals surface area contributed by atoms with E-state index in [2.05, 4.69) is 31.9 Å². The monoisotopic (exact) mass is 1880 g/mol. The van der Waals surface area contributed by atoms with Crippen LogP contribution in [0.15, 0.2) is 48.5 Å². The number of Topliss-reactive ketones (excluding diaryl/α,β-unsaturated/α-hetero) is 6. The van der Waals surface area contributed by atoms with Gasteiger partial charge in [-0.1, -0.05) is 66.3 Å². The number of carbonyl (C=O) groups is 18. The zero-order chi connectivity index (χ0) is 94.5. The molecule has 10 atom stereocenters. The molecule has 0 saturated carbocycles. The largest absolute Gasteiger partial charge is 2.00 e. The second-order valence-corrected chi connectivity index (χ2v) is 30.3. The molecule has 0 aromatic heterocycles. The Labute approximate surface area is 764 Å². The van der Waals surface area contributed by atoms with Gasteiger partial charge >= 0.3 is 29.0 Å². The van der Waals surface area contributed by atoms with Gasteiger partial charge in [-0.05, 0) is 112 Å². The normalized spacial score (nSPS) is 12.9. The Morgan fingerprint density at radius 3 is 1.19 bits per heavy atom. The molecule has 0 radical (unpaired) electrons. The Hall–Kier alpha value is -10.2. The van der Waals surface area contributed by atoms with Crippen molar-refractivity contribution in [3.05, 3.63) is 74.5 Å². The Morgan fingerprint density at radius 1 is 0.372 bits per heavy atom. The summed E-state index contributed by atoms with van der Waals surface area (Å²) in [7, 11) is 3.10. The quantitative estimate of drug-likeness (QED) is 0.0148. The van der Waals surface area contributed by atoms with E-state index < -0.39 is 199 Å². The summed E-state index contributed by atoms with van der Waals surface area (Å²) in [6, 6.07) is 5.29. The van der Waals surface area contributed by atoms with Crippen molar-refractivity contribution in [2.75, 3.05) is 86.8 Å². The maximum Gasteiger partial charge on any atom is 2.00 e. The molecular formula is C86H140FeN10O32. The zero-order valence-corrected chi connectivity index (χ0v) is 76.3. The molecule has 0 aliphatic heterocycles. The molecule has 2 rings (SSSR count). The van der Waals surface area contributed by atoms with E-state index in [4.69, 9.17) is 49.3 Å².